The van der Waals surface area contributed by atoms with Crippen LogP contribution in [0.3, 0.4) is 0 Å². The van der Waals surface area contributed by atoms with E-state index in [0.29, 0.717) is 5.92 Å². The van der Waals surface area contributed by atoms with Gasteiger partial charge in [0.2, 0.25) is 0 Å². The van der Waals surface area contributed by atoms with Crippen LogP contribution in [0.25, 0.3) is 0 Å². The third-order valence-electron chi connectivity index (χ3n) is 5.18. The second-order valence-corrected chi connectivity index (χ2v) is 7.26. The van der Waals surface area contributed by atoms with E-state index in [9.17, 15) is 0 Å². The van der Waals surface area contributed by atoms with Crippen LogP contribution in [0, 0.1) is 11.8 Å². The lowest BCUT2D eigenvalue weighted by molar-refractivity contribution is 0.165. The van der Waals surface area contributed by atoms with E-state index in [4.69, 9.17) is 4.42 Å². The number of hydrogen-bond acceptors (Lipinski definition) is 3. The summed E-state index contributed by atoms with van der Waals surface area (Å²) in [6.45, 7) is 8.76. The maximum absolute atomic E-state index is 5.78. The molecule has 1 aliphatic carbocycles. The summed E-state index contributed by atoms with van der Waals surface area (Å²) in [6.07, 6.45) is 8.95. The summed E-state index contributed by atoms with van der Waals surface area (Å²) in [6, 6.07) is 2.96. The second kappa shape index (κ2) is 6.97. The average Bonchev–Trinajstić information content (AvgIpc) is 3.07. The first kappa shape index (κ1) is 15.1. The predicted molar refractivity (Wildman–Crippen MR) is 86.0 cm³/mol. The van der Waals surface area contributed by atoms with Crippen molar-refractivity contribution in [3.63, 3.8) is 0 Å². The fourth-order valence-corrected chi connectivity index (χ4v) is 4.04. The van der Waals surface area contributed by atoms with Gasteiger partial charge in [0, 0.05) is 18.2 Å². The molecule has 0 bridgehead atoms. The molecule has 1 saturated heterocycles. The summed E-state index contributed by atoms with van der Waals surface area (Å²) in [5.74, 6) is 2.83. The van der Waals surface area contributed by atoms with Crippen molar-refractivity contribution in [2.24, 2.45) is 11.8 Å². The number of nitrogens with one attached hydrogen (secondary N) is 1. The first-order valence-corrected chi connectivity index (χ1v) is 8.74. The van der Waals surface area contributed by atoms with Crippen molar-refractivity contribution >= 4 is 0 Å². The van der Waals surface area contributed by atoms with Crippen molar-refractivity contribution in [1.82, 2.24) is 10.2 Å². The average molecular weight is 290 g/mol. The van der Waals surface area contributed by atoms with Gasteiger partial charge in [-0.25, -0.2) is 0 Å². The zero-order valence-electron chi connectivity index (χ0n) is 13.6. The fraction of sp³-hybridized carbons (Fsp3) is 0.778. The van der Waals surface area contributed by atoms with Crippen LogP contribution >= 0.6 is 0 Å². The van der Waals surface area contributed by atoms with Crippen LogP contribution in [-0.4, -0.2) is 24.0 Å². The van der Waals surface area contributed by atoms with Gasteiger partial charge >= 0.3 is 0 Å². The molecule has 3 rings (SSSR count). The number of rotatable bonds is 6. The largest absolute Gasteiger partial charge is 0.468 e. The molecule has 3 nitrogen and oxygen atoms in total. The highest BCUT2D eigenvalue weighted by atomic mass is 16.3. The van der Waals surface area contributed by atoms with Gasteiger partial charge in [-0.05, 0) is 50.3 Å². The first-order chi connectivity index (χ1) is 10.2. The number of hydrogen-bond donors (Lipinski definition) is 1. The quantitative estimate of drug-likeness (QED) is 0.864. The van der Waals surface area contributed by atoms with Gasteiger partial charge in [0.05, 0.1) is 12.8 Å². The van der Waals surface area contributed by atoms with E-state index in [2.05, 4.69) is 30.1 Å². The Morgan fingerprint density at radius 1 is 1.29 bits per heavy atom. The normalized spacial score (nSPS) is 26.4. The number of likely N-dealkylation sites (tertiary alicyclic amines) is 1. The molecule has 2 atom stereocenters. The lowest BCUT2D eigenvalue weighted by atomic mass is 9.85. The van der Waals surface area contributed by atoms with Gasteiger partial charge in [0.1, 0.15) is 5.76 Å². The summed E-state index contributed by atoms with van der Waals surface area (Å²) in [4.78, 5) is 2.68. The predicted octanol–water partition coefficient (Wildman–Crippen LogP) is 3.79. The van der Waals surface area contributed by atoms with Crippen LogP contribution in [-0.2, 0) is 13.1 Å². The van der Waals surface area contributed by atoms with Crippen LogP contribution < -0.4 is 5.32 Å². The van der Waals surface area contributed by atoms with E-state index in [-0.39, 0.29) is 0 Å². The molecule has 2 aliphatic rings. The van der Waals surface area contributed by atoms with Crippen LogP contribution in [0.2, 0.25) is 0 Å². The fourth-order valence-electron chi connectivity index (χ4n) is 4.04. The molecule has 0 aromatic carbocycles. The minimum Gasteiger partial charge on any atom is -0.468 e. The van der Waals surface area contributed by atoms with Gasteiger partial charge in [-0.2, -0.15) is 0 Å². The molecular formula is C18H30N2O. The van der Waals surface area contributed by atoms with Crippen molar-refractivity contribution in [3.8, 4) is 0 Å². The lowest BCUT2D eigenvalue weighted by Crippen LogP contribution is -2.34. The topological polar surface area (TPSA) is 28.4 Å². The standard InChI is InChI=1S/C18H30N2O/c1-14(2)11-19-12-16-8-10-21-18(16)13-20-9-7-15-5-3-4-6-17(15)20/h8,10,14-15,17,19H,3-7,9,11-13H2,1-2H3. The smallest absolute Gasteiger partial charge is 0.122 e. The minimum absolute atomic E-state index is 0.696. The van der Waals surface area contributed by atoms with Crippen molar-refractivity contribution in [2.75, 3.05) is 13.1 Å². The highest BCUT2D eigenvalue weighted by Crippen LogP contribution is 2.37. The molecule has 0 amide bonds. The molecule has 2 unspecified atom stereocenters. The Kier molecular flexibility index (Phi) is 5.02. The minimum atomic E-state index is 0.696. The molecule has 2 fully saturated rings. The van der Waals surface area contributed by atoms with E-state index in [0.717, 1.165) is 31.6 Å². The lowest BCUT2D eigenvalue weighted by Gasteiger charge is -2.31. The maximum atomic E-state index is 5.78. The van der Waals surface area contributed by atoms with Crippen LogP contribution in [0.1, 0.15) is 57.3 Å². The highest BCUT2D eigenvalue weighted by Gasteiger charge is 2.35. The number of nitrogens with zero attached hydrogens (tertiary/aromatic N) is 1. The summed E-state index contributed by atoms with van der Waals surface area (Å²) in [7, 11) is 0. The molecule has 21 heavy (non-hydrogen) atoms. The first-order valence-electron chi connectivity index (χ1n) is 8.74. The highest BCUT2D eigenvalue weighted by molar-refractivity contribution is 5.17. The Bertz CT molecular complexity index is 440. The van der Waals surface area contributed by atoms with Crippen LogP contribution in [0.5, 0.6) is 0 Å². The van der Waals surface area contributed by atoms with Gasteiger partial charge in [-0.3, -0.25) is 4.90 Å². The second-order valence-electron chi connectivity index (χ2n) is 7.26. The Morgan fingerprint density at radius 2 is 2.14 bits per heavy atom. The third-order valence-corrected chi connectivity index (χ3v) is 5.18. The summed E-state index contributed by atoms with van der Waals surface area (Å²) in [5.41, 5.74) is 1.34. The Labute approximate surface area is 129 Å². The van der Waals surface area contributed by atoms with Gasteiger partial charge in [0.15, 0.2) is 0 Å². The molecule has 1 aliphatic heterocycles. The molecule has 1 N–H and O–H groups in total. The third kappa shape index (κ3) is 3.70. The van der Waals surface area contributed by atoms with Crippen molar-refractivity contribution in [1.29, 1.82) is 0 Å². The maximum Gasteiger partial charge on any atom is 0.122 e. The number of fused-ring (bicyclic) bond motifs is 1. The van der Waals surface area contributed by atoms with Crippen molar-refractivity contribution in [3.05, 3.63) is 23.7 Å². The van der Waals surface area contributed by atoms with Crippen LogP contribution in [0.15, 0.2) is 16.7 Å². The molecule has 3 heteroatoms. The Morgan fingerprint density at radius 3 is 3.00 bits per heavy atom. The van der Waals surface area contributed by atoms with Gasteiger partial charge in [0.25, 0.3) is 0 Å². The summed E-state index contributed by atoms with van der Waals surface area (Å²) < 4.78 is 5.78. The molecule has 1 aromatic rings. The van der Waals surface area contributed by atoms with Gasteiger partial charge in [-0.15, -0.1) is 0 Å². The van der Waals surface area contributed by atoms with E-state index < -0.39 is 0 Å². The molecule has 118 valence electrons. The van der Waals surface area contributed by atoms with E-state index in [1.807, 2.05) is 6.26 Å². The van der Waals surface area contributed by atoms with E-state index in [1.165, 1.54) is 50.0 Å². The summed E-state index contributed by atoms with van der Waals surface area (Å²) >= 11 is 0. The zero-order chi connectivity index (χ0) is 14.7. The van der Waals surface area contributed by atoms with Crippen LogP contribution in [0.4, 0.5) is 0 Å². The Hall–Kier alpha value is -0.800. The molecule has 0 spiro atoms. The zero-order valence-corrected chi connectivity index (χ0v) is 13.6. The van der Waals surface area contributed by atoms with E-state index in [1.54, 1.807) is 0 Å². The monoisotopic (exact) mass is 290 g/mol. The molecule has 2 heterocycles. The number of furan rings is 1. The Balaban J connectivity index is 1.56. The van der Waals surface area contributed by atoms with Gasteiger partial charge in [-0.1, -0.05) is 26.7 Å². The molecule has 1 saturated carbocycles. The van der Waals surface area contributed by atoms with Crippen molar-refractivity contribution < 1.29 is 4.42 Å². The molecular weight excluding hydrogens is 260 g/mol. The molecule has 0 radical (unpaired) electrons. The van der Waals surface area contributed by atoms with Crippen molar-refractivity contribution in [2.45, 2.75) is 65.1 Å². The van der Waals surface area contributed by atoms with Gasteiger partial charge < -0.3 is 9.73 Å². The SMILES string of the molecule is CC(C)CNCc1ccoc1CN1CCC2CCCCC21. The molecule has 1 aromatic heterocycles. The summed E-state index contributed by atoms with van der Waals surface area (Å²) in [5, 5.41) is 3.53. The van der Waals surface area contributed by atoms with E-state index >= 15 is 0 Å².